The molecule has 0 aliphatic heterocycles. The molecular weight excluding hydrogens is 230 g/mol. The maximum atomic E-state index is 5.87. The fourth-order valence-corrected chi connectivity index (χ4v) is 2.16. The van der Waals surface area contributed by atoms with Gasteiger partial charge in [-0.25, -0.2) is 4.98 Å². The highest BCUT2D eigenvalue weighted by molar-refractivity contribution is 5.32. The Bertz CT molecular complexity index is 378. The van der Waals surface area contributed by atoms with Gasteiger partial charge < -0.3 is 15.2 Å². The number of rotatable bonds is 5. The molecule has 2 rings (SSSR count). The van der Waals surface area contributed by atoms with Crippen molar-refractivity contribution in [1.82, 2.24) is 9.97 Å². The third-order valence-corrected chi connectivity index (χ3v) is 3.04. The fourth-order valence-electron chi connectivity index (χ4n) is 2.16. The maximum Gasteiger partial charge on any atom is 0.219 e. The molecule has 1 aliphatic carbocycles. The van der Waals surface area contributed by atoms with E-state index in [-0.39, 0.29) is 6.10 Å². The molecule has 1 saturated carbocycles. The molecule has 0 atom stereocenters. The lowest BCUT2D eigenvalue weighted by Crippen LogP contribution is -2.20. The molecule has 0 bridgehead atoms. The van der Waals surface area contributed by atoms with Gasteiger partial charge >= 0.3 is 0 Å². The third kappa shape index (κ3) is 3.84. The van der Waals surface area contributed by atoms with Crippen LogP contribution in [0.1, 0.15) is 44.9 Å². The Kier molecular flexibility index (Phi) is 4.75. The van der Waals surface area contributed by atoms with Crippen LogP contribution in [0.15, 0.2) is 6.07 Å². The van der Waals surface area contributed by atoms with Crippen LogP contribution in [0.25, 0.3) is 0 Å². The molecule has 1 heterocycles. The van der Waals surface area contributed by atoms with Crippen molar-refractivity contribution in [3.8, 4) is 5.88 Å². The Morgan fingerprint density at radius 3 is 2.78 bits per heavy atom. The summed E-state index contributed by atoms with van der Waals surface area (Å²) in [5.41, 5.74) is 5.75. The highest BCUT2D eigenvalue weighted by Crippen LogP contribution is 2.23. The molecule has 100 valence electrons. The van der Waals surface area contributed by atoms with Crippen molar-refractivity contribution in [2.75, 3.05) is 12.3 Å². The number of nitrogens with zero attached hydrogens (tertiary/aromatic N) is 2. The van der Waals surface area contributed by atoms with Crippen LogP contribution in [-0.4, -0.2) is 22.7 Å². The van der Waals surface area contributed by atoms with Crippen LogP contribution in [0, 0.1) is 0 Å². The summed E-state index contributed by atoms with van der Waals surface area (Å²) < 4.78 is 11.2. The number of aromatic nitrogens is 2. The Hall–Kier alpha value is -1.36. The largest absolute Gasteiger partial charge is 0.474 e. The number of nitrogen functional groups attached to an aromatic ring is 1. The van der Waals surface area contributed by atoms with E-state index in [1.165, 1.54) is 19.3 Å². The summed E-state index contributed by atoms with van der Waals surface area (Å²) in [5, 5.41) is 0. The molecule has 1 aliphatic rings. The molecule has 18 heavy (non-hydrogen) atoms. The van der Waals surface area contributed by atoms with Crippen molar-refractivity contribution in [3.05, 3.63) is 11.9 Å². The average Bonchev–Trinajstić information content (AvgIpc) is 2.37. The van der Waals surface area contributed by atoms with Crippen LogP contribution in [0.2, 0.25) is 0 Å². The molecule has 5 nitrogen and oxygen atoms in total. The van der Waals surface area contributed by atoms with Crippen LogP contribution in [-0.2, 0) is 11.3 Å². The predicted octanol–water partition coefficient (Wildman–Crippen LogP) is 2.31. The van der Waals surface area contributed by atoms with Gasteiger partial charge in [0.25, 0.3) is 0 Å². The normalized spacial score (nSPS) is 16.7. The number of hydrogen-bond donors (Lipinski definition) is 1. The van der Waals surface area contributed by atoms with E-state index in [9.17, 15) is 0 Å². The Morgan fingerprint density at radius 2 is 2.06 bits per heavy atom. The second kappa shape index (κ2) is 6.54. The number of ether oxygens (including phenoxy) is 2. The van der Waals surface area contributed by atoms with Crippen molar-refractivity contribution in [3.63, 3.8) is 0 Å². The maximum absolute atomic E-state index is 5.87. The van der Waals surface area contributed by atoms with E-state index in [0.29, 0.717) is 30.7 Å². The smallest absolute Gasteiger partial charge is 0.219 e. The van der Waals surface area contributed by atoms with Gasteiger partial charge in [-0.3, -0.25) is 0 Å². The monoisotopic (exact) mass is 251 g/mol. The van der Waals surface area contributed by atoms with Gasteiger partial charge in [0.15, 0.2) is 5.82 Å². The van der Waals surface area contributed by atoms with Gasteiger partial charge in [0.2, 0.25) is 5.88 Å². The highest BCUT2D eigenvalue weighted by atomic mass is 16.5. The summed E-state index contributed by atoms with van der Waals surface area (Å²) in [4.78, 5) is 8.45. The second-order valence-corrected chi connectivity index (χ2v) is 4.56. The van der Waals surface area contributed by atoms with Crippen molar-refractivity contribution in [2.45, 2.75) is 51.7 Å². The Balaban J connectivity index is 1.99. The molecule has 0 amide bonds. The lowest BCUT2D eigenvalue weighted by Gasteiger charge is -2.22. The minimum absolute atomic E-state index is 0.271. The summed E-state index contributed by atoms with van der Waals surface area (Å²) in [6.45, 7) is 2.95. The summed E-state index contributed by atoms with van der Waals surface area (Å²) in [6.07, 6.45) is 6.25. The van der Waals surface area contributed by atoms with E-state index >= 15 is 0 Å². The van der Waals surface area contributed by atoms with E-state index in [4.69, 9.17) is 15.2 Å². The van der Waals surface area contributed by atoms with E-state index in [1.54, 1.807) is 6.07 Å². The van der Waals surface area contributed by atoms with Crippen molar-refractivity contribution in [2.24, 2.45) is 0 Å². The zero-order valence-corrected chi connectivity index (χ0v) is 10.9. The fraction of sp³-hybridized carbons (Fsp3) is 0.692. The van der Waals surface area contributed by atoms with Crippen LogP contribution >= 0.6 is 0 Å². The molecule has 2 N–H and O–H groups in total. The lowest BCUT2D eigenvalue weighted by molar-refractivity contribution is 0.123. The number of nitrogens with two attached hydrogens (primary N) is 1. The molecule has 1 aromatic heterocycles. The standard InChI is InChI=1S/C13H21N3O2/c1-2-17-9-12-15-11(14)8-13(16-12)18-10-6-4-3-5-7-10/h8,10H,2-7,9H2,1H3,(H2,14,15,16). The van der Waals surface area contributed by atoms with Crippen LogP contribution < -0.4 is 10.5 Å². The van der Waals surface area contributed by atoms with Crippen LogP contribution in [0.3, 0.4) is 0 Å². The Morgan fingerprint density at radius 1 is 1.28 bits per heavy atom. The topological polar surface area (TPSA) is 70.3 Å². The zero-order valence-electron chi connectivity index (χ0n) is 10.9. The summed E-state index contributed by atoms with van der Waals surface area (Å²) >= 11 is 0. The summed E-state index contributed by atoms with van der Waals surface area (Å²) in [7, 11) is 0. The molecule has 0 aromatic carbocycles. The minimum Gasteiger partial charge on any atom is -0.474 e. The molecule has 0 radical (unpaired) electrons. The second-order valence-electron chi connectivity index (χ2n) is 4.56. The van der Waals surface area contributed by atoms with Gasteiger partial charge in [-0.05, 0) is 32.6 Å². The summed E-state index contributed by atoms with van der Waals surface area (Å²) in [6, 6.07) is 1.68. The highest BCUT2D eigenvalue weighted by Gasteiger charge is 2.16. The molecular formula is C13H21N3O2. The molecule has 0 saturated heterocycles. The van der Waals surface area contributed by atoms with Gasteiger partial charge in [0, 0.05) is 12.7 Å². The van der Waals surface area contributed by atoms with Gasteiger partial charge in [-0.15, -0.1) is 0 Å². The molecule has 1 aromatic rings. The van der Waals surface area contributed by atoms with Crippen molar-refractivity contribution < 1.29 is 9.47 Å². The minimum atomic E-state index is 0.271. The van der Waals surface area contributed by atoms with E-state index in [1.807, 2.05) is 6.92 Å². The third-order valence-electron chi connectivity index (χ3n) is 3.04. The van der Waals surface area contributed by atoms with Gasteiger partial charge in [-0.2, -0.15) is 4.98 Å². The molecule has 0 spiro atoms. The Labute approximate surface area is 108 Å². The molecule has 0 unspecified atom stereocenters. The van der Waals surface area contributed by atoms with Crippen molar-refractivity contribution >= 4 is 5.82 Å². The first-order valence-electron chi connectivity index (χ1n) is 6.65. The quantitative estimate of drug-likeness (QED) is 0.869. The molecule has 5 heteroatoms. The first kappa shape index (κ1) is 13.1. The first-order chi connectivity index (χ1) is 8.78. The van der Waals surface area contributed by atoms with E-state index < -0.39 is 0 Å². The van der Waals surface area contributed by atoms with Gasteiger partial charge in [-0.1, -0.05) is 6.42 Å². The van der Waals surface area contributed by atoms with Crippen LogP contribution in [0.4, 0.5) is 5.82 Å². The zero-order chi connectivity index (χ0) is 12.8. The first-order valence-corrected chi connectivity index (χ1v) is 6.65. The van der Waals surface area contributed by atoms with E-state index in [0.717, 1.165) is 12.8 Å². The van der Waals surface area contributed by atoms with Crippen molar-refractivity contribution in [1.29, 1.82) is 0 Å². The predicted molar refractivity (Wildman–Crippen MR) is 69.3 cm³/mol. The SMILES string of the molecule is CCOCc1nc(N)cc(OC2CCCCC2)n1. The van der Waals surface area contributed by atoms with Gasteiger partial charge in [0.05, 0.1) is 0 Å². The number of anilines is 1. The van der Waals surface area contributed by atoms with Gasteiger partial charge in [0.1, 0.15) is 18.5 Å². The lowest BCUT2D eigenvalue weighted by atomic mass is 9.98. The van der Waals surface area contributed by atoms with Crippen LogP contribution in [0.5, 0.6) is 5.88 Å². The number of hydrogen-bond acceptors (Lipinski definition) is 5. The average molecular weight is 251 g/mol. The molecule has 1 fully saturated rings. The summed E-state index contributed by atoms with van der Waals surface area (Å²) in [5.74, 6) is 1.59. The van der Waals surface area contributed by atoms with E-state index in [2.05, 4.69) is 9.97 Å².